The molecule has 2 aromatic rings. The summed E-state index contributed by atoms with van der Waals surface area (Å²) in [6.45, 7) is 0.720. The smallest absolute Gasteiger partial charge is 0.369 e. The fraction of sp³-hybridized carbons (Fsp3) is 0.333. The van der Waals surface area contributed by atoms with Crippen LogP contribution in [0, 0.1) is 0 Å². The zero-order valence-corrected chi connectivity index (χ0v) is 14.0. The van der Waals surface area contributed by atoms with Crippen molar-refractivity contribution in [2.75, 3.05) is 19.8 Å². The van der Waals surface area contributed by atoms with Crippen LogP contribution >= 0.6 is 11.3 Å². The van der Waals surface area contributed by atoms with E-state index in [1.807, 2.05) is 18.2 Å². The monoisotopic (exact) mass is 348 g/mol. The number of rotatable bonds is 2. The second-order valence-electron chi connectivity index (χ2n) is 5.46. The van der Waals surface area contributed by atoms with Crippen LogP contribution in [0.1, 0.15) is 0 Å². The summed E-state index contributed by atoms with van der Waals surface area (Å²) >= 11 is 1.25. The maximum atomic E-state index is 13.2. The van der Waals surface area contributed by atoms with E-state index in [1.165, 1.54) is 16.0 Å². The van der Waals surface area contributed by atoms with Gasteiger partial charge in [0.25, 0.3) is 5.91 Å². The number of ether oxygens (including phenoxy) is 1. The molecule has 24 heavy (non-hydrogen) atoms. The van der Waals surface area contributed by atoms with E-state index >= 15 is 0 Å². The van der Waals surface area contributed by atoms with Crippen LogP contribution in [0.15, 0.2) is 40.8 Å². The summed E-state index contributed by atoms with van der Waals surface area (Å²) < 4.78 is 6.65. The summed E-state index contributed by atoms with van der Waals surface area (Å²) in [5.41, 5.74) is 7.85. The molecule has 1 fully saturated rings. The lowest BCUT2D eigenvalue weighted by atomic mass is 10.1. The minimum absolute atomic E-state index is 0.0836. The third-order valence-electron chi connectivity index (χ3n) is 4.13. The molecule has 126 valence electrons. The van der Waals surface area contributed by atoms with Crippen molar-refractivity contribution in [3.8, 4) is 0 Å². The fourth-order valence-electron chi connectivity index (χ4n) is 2.87. The van der Waals surface area contributed by atoms with Crippen LogP contribution in [0.5, 0.6) is 0 Å². The third kappa shape index (κ3) is 2.77. The highest BCUT2D eigenvalue weighted by Gasteiger charge is 2.52. The van der Waals surface area contributed by atoms with Gasteiger partial charge in [-0.3, -0.25) is 4.79 Å². The molecule has 1 aromatic heterocycles. The van der Waals surface area contributed by atoms with Crippen molar-refractivity contribution in [3.05, 3.63) is 40.6 Å². The highest BCUT2D eigenvalue weighted by molar-refractivity contribution is 7.06. The molecule has 0 saturated carbocycles. The number of carbonyl (C=O) groups is 2. The second kappa shape index (κ2) is 6.63. The number of hydrogen-bond acceptors (Lipinski definition) is 5. The zero-order valence-electron chi connectivity index (χ0n) is 13.2. The lowest BCUT2D eigenvalue weighted by Crippen LogP contribution is -2.69. The standard InChI is InChI=1S/C15H17N5O3S/c1-19-14(24-10-17-19)18-15(22)20(11-5-3-2-4-6-11)7-8-23-9-12(20)13(16)21/h2-6,10,12H,7-9H2,1H3,(H-,16,21)/p+1. The van der Waals surface area contributed by atoms with Gasteiger partial charge >= 0.3 is 6.03 Å². The number of aryl methyl sites for hydroxylation is 1. The third-order valence-corrected chi connectivity index (χ3v) is 4.90. The van der Waals surface area contributed by atoms with E-state index in [2.05, 4.69) is 10.1 Å². The van der Waals surface area contributed by atoms with Crippen molar-refractivity contribution < 1.29 is 14.3 Å². The van der Waals surface area contributed by atoms with E-state index in [0.29, 0.717) is 23.6 Å². The summed E-state index contributed by atoms with van der Waals surface area (Å²) in [4.78, 5) is 29.9. The van der Waals surface area contributed by atoms with E-state index in [1.54, 1.807) is 24.7 Å². The molecule has 0 radical (unpaired) electrons. The van der Waals surface area contributed by atoms with E-state index in [9.17, 15) is 9.59 Å². The second-order valence-corrected chi connectivity index (χ2v) is 6.27. The highest BCUT2D eigenvalue weighted by atomic mass is 32.1. The summed E-state index contributed by atoms with van der Waals surface area (Å²) in [6, 6.07) is 7.84. The molecule has 1 aliphatic heterocycles. The summed E-state index contributed by atoms with van der Waals surface area (Å²) in [7, 11) is 1.71. The predicted octanol–water partition coefficient (Wildman–Crippen LogP) is 0.394. The molecule has 8 nitrogen and oxygen atoms in total. The number of nitrogens with two attached hydrogens (primary N) is 1. The fourth-order valence-corrected chi connectivity index (χ4v) is 3.48. The van der Waals surface area contributed by atoms with Gasteiger partial charge in [-0.1, -0.05) is 29.5 Å². The first-order valence-electron chi connectivity index (χ1n) is 7.42. The minimum Gasteiger partial charge on any atom is -0.369 e. The molecule has 1 aromatic carbocycles. The Kier molecular flexibility index (Phi) is 4.56. The molecule has 2 N–H and O–H groups in total. The molecule has 3 amide bonds. The Labute approximate surface area is 142 Å². The molecule has 2 heterocycles. The van der Waals surface area contributed by atoms with Crippen LogP contribution in [0.4, 0.5) is 10.5 Å². The van der Waals surface area contributed by atoms with Crippen molar-refractivity contribution in [2.45, 2.75) is 6.04 Å². The molecule has 3 rings (SSSR count). The quantitative estimate of drug-likeness (QED) is 0.794. The number of amides is 3. The summed E-state index contributed by atoms with van der Waals surface area (Å²) in [6.07, 6.45) is 0. The topological polar surface area (TPSA) is 99.6 Å². The zero-order chi connectivity index (χ0) is 17.2. The van der Waals surface area contributed by atoms with E-state index < -0.39 is 18.0 Å². The number of carbonyl (C=O) groups excluding carboxylic acids is 2. The van der Waals surface area contributed by atoms with Crippen LogP contribution in [0.3, 0.4) is 0 Å². The van der Waals surface area contributed by atoms with Gasteiger partial charge in [-0.2, -0.15) is 9.58 Å². The van der Waals surface area contributed by atoms with Crippen LogP contribution in [0.2, 0.25) is 0 Å². The first-order chi connectivity index (χ1) is 11.6. The predicted molar refractivity (Wildman–Crippen MR) is 88.9 cm³/mol. The normalized spacial score (nSPS) is 24.7. The largest absolute Gasteiger partial charge is 0.451 e. The van der Waals surface area contributed by atoms with Gasteiger partial charge in [0, 0.05) is 7.05 Å². The average molecular weight is 348 g/mol. The van der Waals surface area contributed by atoms with Gasteiger partial charge in [0.1, 0.15) is 24.3 Å². The number of nitrogens with zero attached hydrogens (tertiary/aromatic N) is 4. The Hall–Kier alpha value is -2.36. The molecule has 0 spiro atoms. The molecule has 1 saturated heterocycles. The van der Waals surface area contributed by atoms with Crippen molar-refractivity contribution in [3.63, 3.8) is 0 Å². The number of para-hydroxylation sites is 1. The first kappa shape index (κ1) is 16.5. The molecule has 2 atom stereocenters. The summed E-state index contributed by atoms with van der Waals surface area (Å²) in [5, 5.41) is 4.03. The van der Waals surface area contributed by atoms with Gasteiger partial charge < -0.3 is 10.5 Å². The maximum Gasteiger partial charge on any atom is 0.451 e. The average Bonchev–Trinajstić information content (AvgIpc) is 3.00. The number of aromatic nitrogens is 2. The molecular formula is C15H18N5O3S+. The van der Waals surface area contributed by atoms with Crippen LogP contribution in [-0.4, -0.2) is 47.5 Å². The molecule has 1 aliphatic rings. The lowest BCUT2D eigenvalue weighted by Gasteiger charge is -2.41. The lowest BCUT2D eigenvalue weighted by molar-refractivity contribution is -0.126. The maximum absolute atomic E-state index is 13.2. The number of benzene rings is 1. The van der Waals surface area contributed by atoms with Crippen molar-refractivity contribution in [2.24, 2.45) is 17.8 Å². The van der Waals surface area contributed by atoms with Gasteiger partial charge in [0.15, 0.2) is 0 Å². The molecule has 0 bridgehead atoms. The number of quaternary nitrogens is 1. The van der Waals surface area contributed by atoms with Crippen LogP contribution in [-0.2, 0) is 16.6 Å². The molecule has 2 unspecified atom stereocenters. The van der Waals surface area contributed by atoms with Gasteiger partial charge in [0.2, 0.25) is 10.8 Å². The minimum atomic E-state index is -0.823. The van der Waals surface area contributed by atoms with E-state index in [0.717, 1.165) is 0 Å². The van der Waals surface area contributed by atoms with Crippen LogP contribution < -0.4 is 15.0 Å². The van der Waals surface area contributed by atoms with Gasteiger partial charge in [-0.25, -0.2) is 9.48 Å². The molecular weight excluding hydrogens is 330 g/mol. The SMILES string of the molecule is Cn1ncsc1=NC(=O)[N+]1(c2ccccc2)CCOCC1C(N)=O. The highest BCUT2D eigenvalue weighted by Crippen LogP contribution is 2.30. The molecule has 0 aliphatic carbocycles. The van der Waals surface area contributed by atoms with E-state index in [4.69, 9.17) is 10.5 Å². The first-order valence-corrected chi connectivity index (χ1v) is 8.30. The Balaban J connectivity index is 2.17. The van der Waals surface area contributed by atoms with Crippen molar-refractivity contribution in [1.82, 2.24) is 14.3 Å². The van der Waals surface area contributed by atoms with E-state index in [-0.39, 0.29) is 11.1 Å². The van der Waals surface area contributed by atoms with Gasteiger partial charge in [-0.15, -0.1) is 4.99 Å². The Morgan fingerprint density at radius 3 is 2.79 bits per heavy atom. The van der Waals surface area contributed by atoms with Gasteiger partial charge in [0.05, 0.1) is 6.61 Å². The van der Waals surface area contributed by atoms with Crippen molar-refractivity contribution in [1.29, 1.82) is 0 Å². The molecule has 9 heteroatoms. The van der Waals surface area contributed by atoms with Crippen LogP contribution in [0.25, 0.3) is 0 Å². The van der Waals surface area contributed by atoms with Gasteiger partial charge in [-0.05, 0) is 12.1 Å². The number of morpholine rings is 1. The Morgan fingerprint density at radius 2 is 2.17 bits per heavy atom. The number of urea groups is 1. The number of hydrogen-bond donors (Lipinski definition) is 1. The Morgan fingerprint density at radius 1 is 1.42 bits per heavy atom. The van der Waals surface area contributed by atoms with Crippen molar-refractivity contribution >= 4 is 29.0 Å². The Bertz CT molecular complexity index is 816. The summed E-state index contributed by atoms with van der Waals surface area (Å²) in [5.74, 6) is -0.587. The number of primary amides is 1.